The van der Waals surface area contributed by atoms with Crippen molar-refractivity contribution >= 4 is 26.2 Å². The smallest absolute Gasteiger partial charge is 0.298 e. The molecule has 30 heavy (non-hydrogen) atoms. The van der Waals surface area contributed by atoms with E-state index in [9.17, 15) is 52.7 Å². The molecule has 4 nitrogen and oxygen atoms in total. The van der Waals surface area contributed by atoms with Gasteiger partial charge < -0.3 is 0 Å². The van der Waals surface area contributed by atoms with Gasteiger partial charge in [-0.05, 0) is 24.3 Å². The van der Waals surface area contributed by atoms with E-state index >= 15 is 0 Å². The van der Waals surface area contributed by atoms with Gasteiger partial charge in [0, 0.05) is 5.92 Å². The number of carbonyl (C=O) groups is 1. The van der Waals surface area contributed by atoms with Crippen molar-refractivity contribution in [2.75, 3.05) is 17.3 Å². The summed E-state index contributed by atoms with van der Waals surface area (Å²) in [5.74, 6) is -17.3. The highest BCUT2D eigenvalue weighted by Gasteiger charge is 2.86. The van der Waals surface area contributed by atoms with Gasteiger partial charge in [-0.3, -0.25) is 4.79 Å². The van der Waals surface area contributed by atoms with Crippen LogP contribution in [0.5, 0.6) is 0 Å². The molecule has 0 N–H and O–H groups in total. The van der Waals surface area contributed by atoms with Crippen molar-refractivity contribution in [1.82, 2.24) is 0 Å². The maximum absolute atomic E-state index is 13.9. The molecular weight excluding hydrogens is 479 g/mol. The number of Topliss-reactive ketones (excluding diaryl/α,β-unsaturated/α-hetero) is 1. The highest BCUT2D eigenvalue weighted by atomic mass is 32.3. The van der Waals surface area contributed by atoms with Gasteiger partial charge in [-0.15, -0.1) is 10.3 Å². The van der Waals surface area contributed by atoms with Crippen LogP contribution in [-0.2, 0) is 18.5 Å². The lowest BCUT2D eigenvalue weighted by Crippen LogP contribution is -2.63. The van der Waals surface area contributed by atoms with E-state index in [-0.39, 0.29) is 0 Å². The zero-order valence-corrected chi connectivity index (χ0v) is 17.5. The fraction of sp³-hybridized carbons (Fsp3) is 0.933. The molecule has 0 aromatic rings. The van der Waals surface area contributed by atoms with E-state index in [2.05, 4.69) is 3.63 Å². The van der Waals surface area contributed by atoms with Crippen LogP contribution in [0.1, 0.15) is 39.5 Å². The number of hydrogen-bond acceptors (Lipinski definition) is 4. The Kier molecular flexibility index (Phi) is 7.91. The first-order chi connectivity index (χ1) is 13.3. The van der Waals surface area contributed by atoms with Gasteiger partial charge in [0.1, 0.15) is 5.78 Å². The summed E-state index contributed by atoms with van der Waals surface area (Å²) in [6.45, 7) is 2.41. The topological polar surface area (TPSA) is 60.4 Å². The molecule has 0 aliphatic heterocycles. The van der Waals surface area contributed by atoms with Crippen LogP contribution in [0.4, 0.5) is 39.5 Å². The second kappa shape index (κ2) is 8.68. The van der Waals surface area contributed by atoms with Gasteiger partial charge in [0.15, 0.2) is 0 Å². The number of carbonyl (C=O) groups excluding carboxylic acids is 1. The minimum atomic E-state index is -7.37. The van der Waals surface area contributed by atoms with E-state index in [0.717, 1.165) is 0 Å². The molecule has 0 spiro atoms. The number of ketones is 1. The van der Waals surface area contributed by atoms with Crippen molar-refractivity contribution in [3.63, 3.8) is 0 Å². The largest absolute Gasteiger partial charge is 0.460 e. The lowest BCUT2D eigenvalue weighted by molar-refractivity contribution is -0.382. The van der Waals surface area contributed by atoms with E-state index in [1.54, 1.807) is 0 Å². The third-order valence-corrected chi connectivity index (χ3v) is 10.6. The Morgan fingerprint density at radius 1 is 0.867 bits per heavy atom. The predicted octanol–water partition coefficient (Wildman–Crippen LogP) is 5.28. The Morgan fingerprint density at radius 2 is 1.30 bits per heavy atom. The fourth-order valence-corrected chi connectivity index (χ4v) is 7.74. The molecule has 1 fully saturated rings. The summed E-state index contributed by atoms with van der Waals surface area (Å²) in [6, 6.07) is 0. The number of halogens is 9. The molecule has 0 radical (unpaired) electrons. The Labute approximate surface area is 169 Å². The Bertz CT molecular complexity index is 725. The van der Waals surface area contributed by atoms with Gasteiger partial charge in [-0.1, -0.05) is 26.7 Å². The van der Waals surface area contributed by atoms with Crippen LogP contribution >= 0.6 is 10.3 Å². The van der Waals surface area contributed by atoms with Crippen molar-refractivity contribution in [2.24, 2.45) is 5.92 Å². The molecule has 0 amide bonds. The maximum atomic E-state index is 13.9. The second-order valence-electron chi connectivity index (χ2n) is 6.82. The lowest BCUT2D eigenvalue weighted by Gasteiger charge is -2.39. The third kappa shape index (κ3) is 4.71. The summed E-state index contributed by atoms with van der Waals surface area (Å²) in [5, 5.41) is -6.92. The molecule has 0 bridgehead atoms. The van der Waals surface area contributed by atoms with Crippen molar-refractivity contribution in [3.05, 3.63) is 0 Å². The average Bonchev–Trinajstić information content (AvgIpc) is 3.14. The zero-order valence-electron chi connectivity index (χ0n) is 15.9. The fourth-order valence-electron chi connectivity index (χ4n) is 2.90. The van der Waals surface area contributed by atoms with Crippen LogP contribution in [0.2, 0.25) is 0 Å². The summed E-state index contributed by atoms with van der Waals surface area (Å²) in [6.07, 6.45) is -4.89. The van der Waals surface area contributed by atoms with E-state index in [1.165, 1.54) is 13.8 Å². The number of hydrogen-bond donors (Lipinski definition) is 0. The van der Waals surface area contributed by atoms with E-state index in [4.69, 9.17) is 0 Å². The molecule has 0 aromatic heterocycles. The van der Waals surface area contributed by atoms with Crippen LogP contribution in [0.3, 0.4) is 0 Å². The van der Waals surface area contributed by atoms with Crippen LogP contribution in [0.25, 0.3) is 0 Å². The van der Waals surface area contributed by atoms with Gasteiger partial charge in [-0.2, -0.15) is 47.9 Å². The summed E-state index contributed by atoms with van der Waals surface area (Å²) >= 11 is 0. The van der Waals surface area contributed by atoms with Crippen LogP contribution in [-0.4, -0.2) is 54.7 Å². The average molecular weight is 500 g/mol. The van der Waals surface area contributed by atoms with Gasteiger partial charge in [0.25, 0.3) is 0 Å². The minimum Gasteiger partial charge on any atom is -0.298 e. The van der Waals surface area contributed by atoms with Crippen LogP contribution < -0.4 is 0 Å². The molecule has 1 aliphatic rings. The predicted molar refractivity (Wildman–Crippen MR) is 91.4 cm³/mol. The summed E-state index contributed by atoms with van der Waals surface area (Å²) in [5.41, 5.74) is 0. The van der Waals surface area contributed by atoms with E-state index < -0.39 is 72.7 Å². The molecule has 1 saturated carbocycles. The normalized spacial score (nSPS) is 18.6. The molecule has 0 atom stereocenters. The Morgan fingerprint density at radius 3 is 1.67 bits per heavy atom. The highest BCUT2D eigenvalue weighted by Crippen LogP contribution is 2.59. The van der Waals surface area contributed by atoms with Gasteiger partial charge in [0.05, 0.1) is 5.75 Å². The molecule has 15 heteroatoms. The zero-order chi connectivity index (χ0) is 23.8. The standard InChI is InChI=1S/C15H21F9O4S2/c1-3-29(4-2,9-11(25)10-7-5-6-8-10)28-30(26,27)15(23,24)13(18,19)12(16,17)14(20,21)22/h10H,3-9H2,1-2H3. The molecule has 0 heterocycles. The first-order valence-corrected chi connectivity index (χ1v) is 12.2. The molecule has 1 rings (SSSR count). The van der Waals surface area contributed by atoms with Crippen molar-refractivity contribution in [1.29, 1.82) is 0 Å². The molecule has 0 unspecified atom stereocenters. The Balaban J connectivity index is 3.30. The number of rotatable bonds is 10. The summed E-state index contributed by atoms with van der Waals surface area (Å²) < 4.78 is 146. The summed E-state index contributed by atoms with van der Waals surface area (Å²) in [7, 11) is -10.4. The van der Waals surface area contributed by atoms with Gasteiger partial charge >= 0.3 is 33.4 Å². The monoisotopic (exact) mass is 500 g/mol. The van der Waals surface area contributed by atoms with Crippen molar-refractivity contribution < 1.29 is 56.4 Å². The van der Waals surface area contributed by atoms with Crippen LogP contribution in [0, 0.1) is 5.92 Å². The maximum Gasteiger partial charge on any atom is 0.460 e. The molecule has 1 aliphatic carbocycles. The van der Waals surface area contributed by atoms with Crippen LogP contribution in [0.15, 0.2) is 0 Å². The molecular formula is C15H21F9O4S2. The number of alkyl halides is 9. The first-order valence-electron chi connectivity index (χ1n) is 8.76. The molecule has 180 valence electrons. The Hall–Kier alpha value is -0.700. The molecule has 0 saturated heterocycles. The van der Waals surface area contributed by atoms with E-state index in [1.807, 2.05) is 0 Å². The quantitative estimate of drug-likeness (QED) is 0.383. The second-order valence-corrected chi connectivity index (χ2v) is 12.2. The minimum absolute atomic E-state index is 0.404. The van der Waals surface area contributed by atoms with Gasteiger partial charge in [0.2, 0.25) is 0 Å². The van der Waals surface area contributed by atoms with Crippen molar-refractivity contribution in [3.8, 4) is 0 Å². The van der Waals surface area contributed by atoms with Gasteiger partial charge in [-0.25, -0.2) is 3.63 Å². The summed E-state index contributed by atoms with van der Waals surface area (Å²) in [4.78, 5) is 12.3. The SMILES string of the molecule is CCS(CC)(CC(=O)C1CCCC1)OS(=O)(=O)C(F)(F)C(F)(F)C(F)(F)C(F)(F)F. The lowest BCUT2D eigenvalue weighted by atomic mass is 10.0. The van der Waals surface area contributed by atoms with E-state index in [0.29, 0.717) is 25.7 Å². The molecule has 0 aromatic carbocycles. The third-order valence-electron chi connectivity index (χ3n) is 4.93. The highest BCUT2D eigenvalue weighted by molar-refractivity contribution is 8.33. The van der Waals surface area contributed by atoms with Crippen molar-refractivity contribution in [2.45, 2.75) is 62.8 Å². The first kappa shape index (κ1) is 27.3.